The van der Waals surface area contributed by atoms with Crippen LogP contribution in [-0.2, 0) is 6.42 Å². The summed E-state index contributed by atoms with van der Waals surface area (Å²) in [7, 11) is 1.60. The molecule has 0 spiro atoms. The number of benzene rings is 2. The van der Waals surface area contributed by atoms with Gasteiger partial charge in [-0.2, -0.15) is 0 Å². The molecule has 0 aliphatic rings. The first kappa shape index (κ1) is 16.1. The molecule has 22 heavy (non-hydrogen) atoms. The summed E-state index contributed by atoms with van der Waals surface area (Å²) in [6.07, 6.45) is 4.09. The number of halogens is 1. The Kier molecular flexibility index (Phi) is 6.04. The molecular weight excluding hydrogens is 298 g/mol. The zero-order valence-corrected chi connectivity index (χ0v) is 13.1. The minimum Gasteiger partial charge on any atom is -0.497 e. The van der Waals surface area contributed by atoms with Crippen LogP contribution in [-0.4, -0.2) is 19.4 Å². The van der Waals surface area contributed by atoms with Gasteiger partial charge in [0.1, 0.15) is 5.75 Å². The van der Waals surface area contributed by atoms with E-state index in [1.165, 1.54) is 11.6 Å². The van der Waals surface area contributed by atoms with E-state index in [0.29, 0.717) is 5.56 Å². The summed E-state index contributed by atoms with van der Waals surface area (Å²) >= 11 is 5.84. The highest BCUT2D eigenvalue weighted by molar-refractivity contribution is 6.30. The number of hydrogen-bond donors (Lipinski definition) is 1. The van der Waals surface area contributed by atoms with E-state index in [1.807, 2.05) is 24.3 Å². The maximum Gasteiger partial charge on any atom is 0.187 e. The minimum absolute atomic E-state index is 0.0401. The van der Waals surface area contributed by atoms with Gasteiger partial charge in [0.05, 0.1) is 7.11 Å². The van der Waals surface area contributed by atoms with E-state index in [-0.39, 0.29) is 5.78 Å². The molecule has 2 aromatic carbocycles. The maximum atomic E-state index is 11.9. The third-order valence-electron chi connectivity index (χ3n) is 3.20. The van der Waals surface area contributed by atoms with Crippen molar-refractivity contribution in [1.29, 1.82) is 0 Å². The zero-order valence-electron chi connectivity index (χ0n) is 12.4. The number of rotatable bonds is 7. The number of allylic oxidation sites excluding steroid dienone is 1. The highest BCUT2D eigenvalue weighted by atomic mass is 35.5. The standard InChI is InChI=1S/C18H18ClNO2/c1-22-17-8-4-15(5-9-17)18(21)11-13-20-12-10-14-2-6-16(19)7-3-14/h2-9,11,13,20H,10,12H2,1H3. The normalized spacial score (nSPS) is 10.6. The second-order valence-corrected chi connectivity index (χ2v) is 5.19. The molecule has 1 N–H and O–H groups in total. The van der Waals surface area contributed by atoms with Crippen molar-refractivity contribution in [2.45, 2.75) is 6.42 Å². The van der Waals surface area contributed by atoms with Crippen molar-refractivity contribution in [3.63, 3.8) is 0 Å². The van der Waals surface area contributed by atoms with Crippen LogP contribution in [0.4, 0.5) is 0 Å². The third kappa shape index (κ3) is 4.93. The maximum absolute atomic E-state index is 11.9. The summed E-state index contributed by atoms with van der Waals surface area (Å²) in [5.74, 6) is 0.697. The summed E-state index contributed by atoms with van der Waals surface area (Å²) in [4.78, 5) is 11.9. The first-order valence-corrected chi connectivity index (χ1v) is 7.39. The molecule has 0 aliphatic carbocycles. The molecule has 2 rings (SSSR count). The fourth-order valence-electron chi connectivity index (χ4n) is 1.94. The fraction of sp³-hybridized carbons (Fsp3) is 0.167. The fourth-order valence-corrected chi connectivity index (χ4v) is 2.06. The molecule has 0 unspecified atom stereocenters. The van der Waals surface area contributed by atoms with Crippen molar-refractivity contribution >= 4 is 17.4 Å². The minimum atomic E-state index is -0.0401. The Morgan fingerprint density at radius 3 is 2.45 bits per heavy atom. The first-order valence-electron chi connectivity index (χ1n) is 7.02. The molecule has 0 heterocycles. The highest BCUT2D eigenvalue weighted by Gasteiger charge is 2.01. The Morgan fingerprint density at radius 2 is 1.82 bits per heavy atom. The Morgan fingerprint density at radius 1 is 1.14 bits per heavy atom. The number of ketones is 1. The second kappa shape index (κ2) is 8.25. The van der Waals surface area contributed by atoms with Crippen LogP contribution in [0.1, 0.15) is 15.9 Å². The van der Waals surface area contributed by atoms with Crippen LogP contribution in [0.2, 0.25) is 5.02 Å². The summed E-state index contributed by atoms with van der Waals surface area (Å²) in [6.45, 7) is 0.758. The zero-order chi connectivity index (χ0) is 15.8. The molecule has 0 aromatic heterocycles. The van der Waals surface area contributed by atoms with Crippen molar-refractivity contribution < 1.29 is 9.53 Å². The second-order valence-electron chi connectivity index (χ2n) is 4.76. The smallest absolute Gasteiger partial charge is 0.187 e. The van der Waals surface area contributed by atoms with E-state index in [1.54, 1.807) is 37.6 Å². The van der Waals surface area contributed by atoms with E-state index in [2.05, 4.69) is 5.32 Å². The largest absolute Gasteiger partial charge is 0.497 e. The molecule has 0 radical (unpaired) electrons. The average molecular weight is 316 g/mol. The summed E-state index contributed by atoms with van der Waals surface area (Å²) in [5.41, 5.74) is 1.84. The van der Waals surface area contributed by atoms with E-state index in [4.69, 9.17) is 16.3 Å². The van der Waals surface area contributed by atoms with Crippen molar-refractivity contribution in [2.24, 2.45) is 0 Å². The number of nitrogens with one attached hydrogen (secondary N) is 1. The van der Waals surface area contributed by atoms with Crippen LogP contribution in [0.5, 0.6) is 5.75 Å². The predicted molar refractivity (Wildman–Crippen MR) is 89.6 cm³/mol. The van der Waals surface area contributed by atoms with Gasteiger partial charge >= 0.3 is 0 Å². The highest BCUT2D eigenvalue weighted by Crippen LogP contribution is 2.12. The molecule has 0 fully saturated rings. The molecule has 2 aromatic rings. The summed E-state index contributed by atoms with van der Waals surface area (Å²) in [6, 6.07) is 14.8. The lowest BCUT2D eigenvalue weighted by Crippen LogP contribution is -2.10. The van der Waals surface area contributed by atoms with E-state index < -0.39 is 0 Å². The van der Waals surface area contributed by atoms with Gasteiger partial charge in [0.2, 0.25) is 0 Å². The van der Waals surface area contributed by atoms with Crippen molar-refractivity contribution in [3.8, 4) is 5.75 Å². The van der Waals surface area contributed by atoms with E-state index in [0.717, 1.165) is 23.7 Å². The van der Waals surface area contributed by atoms with Crippen LogP contribution in [0.15, 0.2) is 60.8 Å². The molecule has 0 atom stereocenters. The number of methoxy groups -OCH3 is 1. The Hall–Kier alpha value is -2.26. The van der Waals surface area contributed by atoms with Gasteiger partial charge in [-0.05, 0) is 48.4 Å². The molecule has 0 aliphatic heterocycles. The monoisotopic (exact) mass is 315 g/mol. The molecule has 0 saturated carbocycles. The Balaban J connectivity index is 1.76. The van der Waals surface area contributed by atoms with Crippen LogP contribution in [0.25, 0.3) is 0 Å². The molecule has 0 saturated heterocycles. The van der Waals surface area contributed by atoms with Crippen molar-refractivity contribution in [2.75, 3.05) is 13.7 Å². The number of carbonyl (C=O) groups excluding carboxylic acids is 1. The van der Waals surface area contributed by atoms with E-state index >= 15 is 0 Å². The van der Waals surface area contributed by atoms with Gasteiger partial charge in [0.25, 0.3) is 0 Å². The van der Waals surface area contributed by atoms with Crippen LogP contribution < -0.4 is 10.1 Å². The van der Waals surface area contributed by atoms with Gasteiger partial charge in [-0.1, -0.05) is 23.7 Å². The van der Waals surface area contributed by atoms with Crippen LogP contribution in [0.3, 0.4) is 0 Å². The van der Waals surface area contributed by atoms with Gasteiger partial charge in [0, 0.05) is 29.4 Å². The number of ether oxygens (including phenoxy) is 1. The van der Waals surface area contributed by atoms with Crippen LogP contribution >= 0.6 is 11.6 Å². The molecule has 114 valence electrons. The topological polar surface area (TPSA) is 38.3 Å². The Bertz CT molecular complexity index is 633. The third-order valence-corrected chi connectivity index (χ3v) is 3.45. The Labute approximate surface area is 135 Å². The van der Waals surface area contributed by atoms with Crippen molar-refractivity contribution in [3.05, 3.63) is 77.0 Å². The SMILES string of the molecule is COc1ccc(C(=O)C=CNCCc2ccc(Cl)cc2)cc1. The predicted octanol–water partition coefficient (Wildman–Crippen LogP) is 3.88. The van der Waals surface area contributed by atoms with E-state index in [9.17, 15) is 4.79 Å². The lowest BCUT2D eigenvalue weighted by Gasteiger charge is -2.02. The lowest BCUT2D eigenvalue weighted by atomic mass is 10.1. The average Bonchev–Trinajstić information content (AvgIpc) is 2.56. The van der Waals surface area contributed by atoms with Gasteiger partial charge in [0.15, 0.2) is 5.78 Å². The molecule has 3 nitrogen and oxygen atoms in total. The summed E-state index contributed by atoms with van der Waals surface area (Å²) in [5, 5.41) is 3.85. The number of carbonyl (C=O) groups is 1. The molecule has 4 heteroatoms. The first-order chi connectivity index (χ1) is 10.7. The lowest BCUT2D eigenvalue weighted by molar-refractivity contribution is 0.104. The molecule has 0 amide bonds. The van der Waals surface area contributed by atoms with Gasteiger partial charge in [-0.15, -0.1) is 0 Å². The molecule has 0 bridgehead atoms. The molecular formula is C18H18ClNO2. The quantitative estimate of drug-likeness (QED) is 0.479. The van der Waals surface area contributed by atoms with Gasteiger partial charge in [-0.25, -0.2) is 0 Å². The van der Waals surface area contributed by atoms with Crippen molar-refractivity contribution in [1.82, 2.24) is 5.32 Å². The number of hydrogen-bond acceptors (Lipinski definition) is 3. The van der Waals surface area contributed by atoms with Gasteiger partial charge < -0.3 is 10.1 Å². The van der Waals surface area contributed by atoms with Gasteiger partial charge in [-0.3, -0.25) is 4.79 Å². The summed E-state index contributed by atoms with van der Waals surface area (Å²) < 4.78 is 5.06. The van der Waals surface area contributed by atoms with Crippen LogP contribution in [0, 0.1) is 0 Å².